The van der Waals surface area contributed by atoms with Crippen LogP contribution in [0.4, 0.5) is 0 Å². The molecule has 2 heteroatoms. The lowest BCUT2D eigenvalue weighted by Crippen LogP contribution is -2.33. The van der Waals surface area contributed by atoms with Gasteiger partial charge in [-0.25, -0.2) is 0 Å². The second kappa shape index (κ2) is 6.44. The van der Waals surface area contributed by atoms with Crippen molar-refractivity contribution >= 4 is 0 Å². The predicted molar refractivity (Wildman–Crippen MR) is 53.5 cm³/mol. The molecule has 0 amide bonds. The van der Waals surface area contributed by atoms with Crippen LogP contribution in [0, 0.1) is 0 Å². The summed E-state index contributed by atoms with van der Waals surface area (Å²) >= 11 is 0. The van der Waals surface area contributed by atoms with E-state index in [4.69, 9.17) is 4.74 Å². The molecule has 1 atom stereocenters. The molecule has 0 saturated heterocycles. The van der Waals surface area contributed by atoms with Gasteiger partial charge in [0.1, 0.15) is 0 Å². The first kappa shape index (κ1) is 11.9. The number of rotatable bonds is 6. The largest absolute Gasteiger partial charge is 0.377 e. The SMILES string of the molecule is CCCC(COC(C)C)N(C)C. The Morgan fingerprint density at radius 2 is 1.83 bits per heavy atom. The zero-order valence-corrected chi connectivity index (χ0v) is 9.13. The van der Waals surface area contributed by atoms with Crippen LogP contribution in [0.1, 0.15) is 33.6 Å². The predicted octanol–water partition coefficient (Wildman–Crippen LogP) is 2.14. The maximum absolute atomic E-state index is 5.58. The van der Waals surface area contributed by atoms with Crippen molar-refractivity contribution in [3.63, 3.8) is 0 Å². The Labute approximate surface area is 76.9 Å². The van der Waals surface area contributed by atoms with Gasteiger partial charge in [-0.1, -0.05) is 13.3 Å². The average Bonchev–Trinajstić information content (AvgIpc) is 1.96. The summed E-state index contributed by atoms with van der Waals surface area (Å²) in [6, 6.07) is 0.581. The molecule has 12 heavy (non-hydrogen) atoms. The maximum Gasteiger partial charge on any atom is 0.0625 e. The molecule has 2 nitrogen and oxygen atoms in total. The molecule has 0 aromatic rings. The van der Waals surface area contributed by atoms with Gasteiger partial charge in [-0.2, -0.15) is 0 Å². The molecule has 74 valence electrons. The van der Waals surface area contributed by atoms with Crippen molar-refractivity contribution in [3.8, 4) is 0 Å². The van der Waals surface area contributed by atoms with Gasteiger partial charge in [0.25, 0.3) is 0 Å². The van der Waals surface area contributed by atoms with Crippen molar-refractivity contribution in [1.29, 1.82) is 0 Å². The molecule has 0 aromatic carbocycles. The Hall–Kier alpha value is -0.0800. The van der Waals surface area contributed by atoms with Gasteiger partial charge in [-0.3, -0.25) is 0 Å². The highest BCUT2D eigenvalue weighted by Gasteiger charge is 2.10. The minimum atomic E-state index is 0.351. The highest BCUT2D eigenvalue weighted by atomic mass is 16.5. The first-order valence-electron chi connectivity index (χ1n) is 4.86. The van der Waals surface area contributed by atoms with Crippen LogP contribution >= 0.6 is 0 Å². The van der Waals surface area contributed by atoms with Crippen molar-refractivity contribution in [1.82, 2.24) is 4.90 Å². The monoisotopic (exact) mass is 173 g/mol. The lowest BCUT2D eigenvalue weighted by atomic mass is 10.1. The third-order valence-electron chi connectivity index (χ3n) is 1.97. The van der Waals surface area contributed by atoms with E-state index in [9.17, 15) is 0 Å². The fourth-order valence-electron chi connectivity index (χ4n) is 1.13. The van der Waals surface area contributed by atoms with Gasteiger partial charge < -0.3 is 9.64 Å². The highest BCUT2D eigenvalue weighted by Crippen LogP contribution is 2.04. The van der Waals surface area contributed by atoms with Crippen LogP contribution < -0.4 is 0 Å². The molecular formula is C10H23NO. The van der Waals surface area contributed by atoms with Crippen LogP contribution in [-0.4, -0.2) is 37.7 Å². The number of likely N-dealkylation sites (N-methyl/N-ethyl adjacent to an activating group) is 1. The summed E-state index contributed by atoms with van der Waals surface area (Å²) in [5.41, 5.74) is 0. The molecule has 0 fully saturated rings. The van der Waals surface area contributed by atoms with E-state index < -0.39 is 0 Å². The summed E-state index contributed by atoms with van der Waals surface area (Å²) in [5, 5.41) is 0. The summed E-state index contributed by atoms with van der Waals surface area (Å²) in [4.78, 5) is 2.24. The number of hydrogen-bond acceptors (Lipinski definition) is 2. The molecule has 0 heterocycles. The standard InChI is InChI=1S/C10H23NO/c1-6-7-10(11(4)5)8-12-9(2)3/h9-10H,6-8H2,1-5H3. The van der Waals surface area contributed by atoms with E-state index in [1.165, 1.54) is 12.8 Å². The summed E-state index contributed by atoms with van der Waals surface area (Å²) in [6.07, 6.45) is 2.80. The third-order valence-corrected chi connectivity index (χ3v) is 1.97. The van der Waals surface area contributed by atoms with Crippen molar-refractivity contribution in [3.05, 3.63) is 0 Å². The average molecular weight is 173 g/mol. The summed E-state index contributed by atoms with van der Waals surface area (Å²) in [6.45, 7) is 7.24. The molecule has 0 radical (unpaired) electrons. The molecule has 1 unspecified atom stereocenters. The summed E-state index contributed by atoms with van der Waals surface area (Å²) in [5.74, 6) is 0. The summed E-state index contributed by atoms with van der Waals surface area (Å²) < 4.78 is 5.58. The second-order valence-corrected chi connectivity index (χ2v) is 3.79. The molecule has 0 N–H and O–H groups in total. The number of nitrogens with zero attached hydrogens (tertiary/aromatic N) is 1. The summed E-state index contributed by atoms with van der Waals surface area (Å²) in [7, 11) is 4.23. The third kappa shape index (κ3) is 5.56. The van der Waals surface area contributed by atoms with E-state index in [2.05, 4.69) is 39.8 Å². The van der Waals surface area contributed by atoms with Crippen LogP contribution in [0.5, 0.6) is 0 Å². The minimum absolute atomic E-state index is 0.351. The van der Waals surface area contributed by atoms with Crippen LogP contribution in [0.25, 0.3) is 0 Å². The van der Waals surface area contributed by atoms with Gasteiger partial charge in [0.15, 0.2) is 0 Å². The first-order valence-corrected chi connectivity index (χ1v) is 4.86. The molecule has 0 spiro atoms. The smallest absolute Gasteiger partial charge is 0.0625 e. The zero-order valence-electron chi connectivity index (χ0n) is 9.13. The van der Waals surface area contributed by atoms with Crippen molar-refractivity contribution in [2.75, 3.05) is 20.7 Å². The van der Waals surface area contributed by atoms with Crippen molar-refractivity contribution < 1.29 is 4.74 Å². The Kier molecular flexibility index (Phi) is 6.39. The van der Waals surface area contributed by atoms with E-state index in [1.807, 2.05) is 0 Å². The fraction of sp³-hybridized carbons (Fsp3) is 1.00. The Bertz CT molecular complexity index is 102. The molecular weight excluding hydrogens is 150 g/mol. The van der Waals surface area contributed by atoms with Gasteiger partial charge in [0.05, 0.1) is 12.7 Å². The van der Waals surface area contributed by atoms with E-state index in [1.54, 1.807) is 0 Å². The van der Waals surface area contributed by atoms with Crippen molar-refractivity contribution in [2.24, 2.45) is 0 Å². The zero-order chi connectivity index (χ0) is 9.56. The van der Waals surface area contributed by atoms with E-state index in [-0.39, 0.29) is 0 Å². The first-order chi connectivity index (χ1) is 5.57. The molecule has 0 aliphatic rings. The quantitative estimate of drug-likeness (QED) is 0.610. The molecule has 0 rings (SSSR count). The lowest BCUT2D eigenvalue weighted by molar-refractivity contribution is 0.0356. The Balaban J connectivity index is 3.63. The van der Waals surface area contributed by atoms with Crippen LogP contribution in [-0.2, 0) is 4.74 Å². The van der Waals surface area contributed by atoms with Crippen LogP contribution in [0.15, 0.2) is 0 Å². The van der Waals surface area contributed by atoms with E-state index in [0.717, 1.165) is 6.61 Å². The molecule has 0 aromatic heterocycles. The normalized spacial score (nSPS) is 14.2. The van der Waals surface area contributed by atoms with Gasteiger partial charge in [0, 0.05) is 6.04 Å². The maximum atomic E-state index is 5.58. The second-order valence-electron chi connectivity index (χ2n) is 3.79. The van der Waals surface area contributed by atoms with E-state index >= 15 is 0 Å². The van der Waals surface area contributed by atoms with Crippen molar-refractivity contribution in [2.45, 2.75) is 45.8 Å². The van der Waals surface area contributed by atoms with Crippen LogP contribution in [0.2, 0.25) is 0 Å². The Morgan fingerprint density at radius 3 is 2.17 bits per heavy atom. The Morgan fingerprint density at radius 1 is 1.25 bits per heavy atom. The van der Waals surface area contributed by atoms with Gasteiger partial charge >= 0.3 is 0 Å². The molecule has 0 aliphatic heterocycles. The lowest BCUT2D eigenvalue weighted by Gasteiger charge is -2.24. The molecule has 0 saturated carbocycles. The fourth-order valence-corrected chi connectivity index (χ4v) is 1.13. The minimum Gasteiger partial charge on any atom is -0.377 e. The molecule has 0 aliphatic carbocycles. The van der Waals surface area contributed by atoms with Gasteiger partial charge in [-0.15, -0.1) is 0 Å². The van der Waals surface area contributed by atoms with Gasteiger partial charge in [-0.05, 0) is 34.4 Å². The van der Waals surface area contributed by atoms with E-state index in [0.29, 0.717) is 12.1 Å². The topological polar surface area (TPSA) is 12.5 Å². The number of ether oxygens (including phenoxy) is 1. The highest BCUT2D eigenvalue weighted by molar-refractivity contribution is 4.64. The van der Waals surface area contributed by atoms with Gasteiger partial charge in [0.2, 0.25) is 0 Å². The molecule has 0 bridgehead atoms. The number of hydrogen-bond donors (Lipinski definition) is 0. The van der Waals surface area contributed by atoms with Crippen LogP contribution in [0.3, 0.4) is 0 Å².